The first-order chi connectivity index (χ1) is 9.61. The van der Waals surface area contributed by atoms with E-state index in [0.717, 1.165) is 0 Å². The van der Waals surface area contributed by atoms with Crippen molar-refractivity contribution in [3.63, 3.8) is 0 Å². The SMILES string of the molecule is CC(Oc1ccc(C#N)cc1N)C(=O)N1CCOCC1. The third-order valence-electron chi connectivity index (χ3n) is 3.11. The second-order valence-corrected chi connectivity index (χ2v) is 4.56. The molecule has 1 heterocycles. The monoisotopic (exact) mass is 275 g/mol. The third-order valence-corrected chi connectivity index (χ3v) is 3.11. The lowest BCUT2D eigenvalue weighted by molar-refractivity contribution is -0.142. The van der Waals surface area contributed by atoms with Gasteiger partial charge in [-0.1, -0.05) is 0 Å². The second kappa shape index (κ2) is 6.26. The van der Waals surface area contributed by atoms with Crippen molar-refractivity contribution < 1.29 is 14.3 Å². The fourth-order valence-corrected chi connectivity index (χ4v) is 2.01. The molecule has 0 spiro atoms. The van der Waals surface area contributed by atoms with Crippen LogP contribution in [-0.2, 0) is 9.53 Å². The average molecular weight is 275 g/mol. The number of nitriles is 1. The highest BCUT2D eigenvalue weighted by Crippen LogP contribution is 2.23. The molecule has 1 aliphatic heterocycles. The number of anilines is 1. The molecule has 0 saturated carbocycles. The van der Waals surface area contributed by atoms with Gasteiger partial charge in [-0.3, -0.25) is 4.79 Å². The van der Waals surface area contributed by atoms with Crippen molar-refractivity contribution in [2.45, 2.75) is 13.0 Å². The van der Waals surface area contributed by atoms with E-state index in [1.54, 1.807) is 24.0 Å². The highest BCUT2D eigenvalue weighted by atomic mass is 16.5. The first-order valence-corrected chi connectivity index (χ1v) is 6.44. The summed E-state index contributed by atoms with van der Waals surface area (Å²) in [6.45, 7) is 3.95. The molecular weight excluding hydrogens is 258 g/mol. The molecule has 0 aliphatic carbocycles. The maximum absolute atomic E-state index is 12.2. The van der Waals surface area contributed by atoms with Gasteiger partial charge in [-0.05, 0) is 25.1 Å². The molecule has 6 heteroatoms. The zero-order chi connectivity index (χ0) is 14.5. The van der Waals surface area contributed by atoms with E-state index < -0.39 is 6.10 Å². The molecule has 20 heavy (non-hydrogen) atoms. The van der Waals surface area contributed by atoms with Crippen LogP contribution in [-0.4, -0.2) is 43.2 Å². The maximum atomic E-state index is 12.2. The molecule has 0 bridgehead atoms. The highest BCUT2D eigenvalue weighted by molar-refractivity contribution is 5.81. The van der Waals surface area contributed by atoms with E-state index in [9.17, 15) is 4.79 Å². The van der Waals surface area contributed by atoms with Crippen LogP contribution in [0.5, 0.6) is 5.75 Å². The van der Waals surface area contributed by atoms with Crippen LogP contribution in [0.2, 0.25) is 0 Å². The van der Waals surface area contributed by atoms with Gasteiger partial charge in [-0.2, -0.15) is 5.26 Å². The number of ether oxygens (including phenoxy) is 2. The molecule has 106 valence electrons. The fraction of sp³-hybridized carbons (Fsp3) is 0.429. The first kappa shape index (κ1) is 14.2. The zero-order valence-electron chi connectivity index (χ0n) is 11.3. The standard InChI is InChI=1S/C14H17N3O3/c1-10(14(18)17-4-6-19-7-5-17)20-13-3-2-11(9-15)8-12(13)16/h2-3,8,10H,4-7,16H2,1H3. The van der Waals surface area contributed by atoms with Gasteiger partial charge in [-0.15, -0.1) is 0 Å². The number of morpholine rings is 1. The summed E-state index contributed by atoms with van der Waals surface area (Å²) in [6.07, 6.45) is -0.622. The summed E-state index contributed by atoms with van der Waals surface area (Å²) in [5, 5.41) is 8.77. The Balaban J connectivity index is 2.02. The van der Waals surface area contributed by atoms with E-state index >= 15 is 0 Å². The molecule has 1 aromatic rings. The topological polar surface area (TPSA) is 88.6 Å². The average Bonchev–Trinajstić information content (AvgIpc) is 2.49. The van der Waals surface area contributed by atoms with Crippen LogP contribution in [0.4, 0.5) is 5.69 Å². The number of hydrogen-bond donors (Lipinski definition) is 1. The van der Waals surface area contributed by atoms with Gasteiger partial charge >= 0.3 is 0 Å². The number of rotatable bonds is 3. The van der Waals surface area contributed by atoms with Crippen LogP contribution in [0.3, 0.4) is 0 Å². The van der Waals surface area contributed by atoms with Crippen molar-refractivity contribution in [2.24, 2.45) is 0 Å². The lowest BCUT2D eigenvalue weighted by Crippen LogP contribution is -2.46. The smallest absolute Gasteiger partial charge is 0.263 e. The number of carbonyl (C=O) groups is 1. The fourth-order valence-electron chi connectivity index (χ4n) is 2.01. The van der Waals surface area contributed by atoms with E-state index in [1.807, 2.05) is 6.07 Å². The molecule has 1 saturated heterocycles. The third kappa shape index (κ3) is 3.19. The molecule has 1 aliphatic rings. The van der Waals surface area contributed by atoms with Gasteiger partial charge in [-0.25, -0.2) is 0 Å². The Morgan fingerprint density at radius 1 is 1.50 bits per heavy atom. The summed E-state index contributed by atoms with van der Waals surface area (Å²) in [7, 11) is 0. The van der Waals surface area contributed by atoms with Gasteiger partial charge < -0.3 is 20.1 Å². The quantitative estimate of drug-likeness (QED) is 0.823. The molecule has 2 N–H and O–H groups in total. The molecule has 0 aromatic heterocycles. The number of nitrogens with two attached hydrogens (primary N) is 1. The minimum absolute atomic E-state index is 0.0861. The summed E-state index contributed by atoms with van der Waals surface area (Å²) in [4.78, 5) is 13.9. The van der Waals surface area contributed by atoms with Crippen LogP contribution < -0.4 is 10.5 Å². The number of amides is 1. The van der Waals surface area contributed by atoms with Crippen LogP contribution in [0, 0.1) is 11.3 Å². The Hall–Kier alpha value is -2.26. The zero-order valence-corrected chi connectivity index (χ0v) is 11.3. The Kier molecular flexibility index (Phi) is 4.43. The lowest BCUT2D eigenvalue weighted by Gasteiger charge is -2.29. The molecule has 1 unspecified atom stereocenters. The summed E-state index contributed by atoms with van der Waals surface area (Å²) in [5.74, 6) is 0.329. The molecule has 1 aromatic carbocycles. The predicted octanol–water partition coefficient (Wildman–Crippen LogP) is 0.767. The van der Waals surface area contributed by atoms with Crippen LogP contribution in [0.25, 0.3) is 0 Å². The van der Waals surface area contributed by atoms with Crippen LogP contribution >= 0.6 is 0 Å². The van der Waals surface area contributed by atoms with E-state index in [1.165, 1.54) is 6.07 Å². The Labute approximate surface area is 117 Å². The summed E-state index contributed by atoms with van der Waals surface area (Å²) < 4.78 is 10.8. The van der Waals surface area contributed by atoms with E-state index in [4.69, 9.17) is 20.5 Å². The van der Waals surface area contributed by atoms with E-state index in [0.29, 0.717) is 43.3 Å². The summed E-state index contributed by atoms with van der Waals surface area (Å²) in [5.41, 5.74) is 6.62. The highest BCUT2D eigenvalue weighted by Gasteiger charge is 2.24. The number of carbonyl (C=O) groups excluding carboxylic acids is 1. The Morgan fingerprint density at radius 3 is 2.80 bits per heavy atom. The van der Waals surface area contributed by atoms with Gasteiger partial charge in [0.15, 0.2) is 6.10 Å². The van der Waals surface area contributed by atoms with Gasteiger partial charge in [0.05, 0.1) is 30.5 Å². The van der Waals surface area contributed by atoms with Gasteiger partial charge in [0, 0.05) is 13.1 Å². The van der Waals surface area contributed by atoms with Crippen molar-refractivity contribution in [3.05, 3.63) is 23.8 Å². The molecule has 1 atom stereocenters. The minimum Gasteiger partial charge on any atom is -0.479 e. The van der Waals surface area contributed by atoms with E-state index in [2.05, 4.69) is 0 Å². The predicted molar refractivity (Wildman–Crippen MR) is 73.1 cm³/mol. The number of nitrogen functional groups attached to an aromatic ring is 1. The van der Waals surface area contributed by atoms with Crippen molar-refractivity contribution >= 4 is 11.6 Å². The van der Waals surface area contributed by atoms with Crippen LogP contribution in [0.15, 0.2) is 18.2 Å². The molecular formula is C14H17N3O3. The maximum Gasteiger partial charge on any atom is 0.263 e. The summed E-state index contributed by atoms with van der Waals surface area (Å²) >= 11 is 0. The minimum atomic E-state index is -0.622. The molecule has 1 fully saturated rings. The van der Waals surface area contributed by atoms with Gasteiger partial charge in [0.1, 0.15) is 5.75 Å². The number of hydrogen-bond acceptors (Lipinski definition) is 5. The second-order valence-electron chi connectivity index (χ2n) is 4.56. The van der Waals surface area contributed by atoms with Crippen molar-refractivity contribution in [1.82, 2.24) is 4.90 Å². The van der Waals surface area contributed by atoms with Crippen molar-refractivity contribution in [2.75, 3.05) is 32.0 Å². The molecule has 2 rings (SSSR count). The van der Waals surface area contributed by atoms with Crippen LogP contribution in [0.1, 0.15) is 12.5 Å². The number of nitrogens with zero attached hydrogens (tertiary/aromatic N) is 2. The summed E-state index contributed by atoms with van der Waals surface area (Å²) in [6, 6.07) is 6.74. The Morgan fingerprint density at radius 2 is 2.20 bits per heavy atom. The first-order valence-electron chi connectivity index (χ1n) is 6.44. The van der Waals surface area contributed by atoms with E-state index in [-0.39, 0.29) is 5.91 Å². The number of benzene rings is 1. The molecule has 1 amide bonds. The largest absolute Gasteiger partial charge is 0.479 e. The molecule has 0 radical (unpaired) electrons. The van der Waals surface area contributed by atoms with Gasteiger partial charge in [0.25, 0.3) is 5.91 Å². The van der Waals surface area contributed by atoms with Crippen molar-refractivity contribution in [1.29, 1.82) is 5.26 Å². The lowest BCUT2D eigenvalue weighted by atomic mass is 10.2. The van der Waals surface area contributed by atoms with Crippen molar-refractivity contribution in [3.8, 4) is 11.8 Å². The van der Waals surface area contributed by atoms with Gasteiger partial charge in [0.2, 0.25) is 0 Å². The normalized spacial score (nSPS) is 16.3. The Bertz CT molecular complexity index is 533. The molecule has 6 nitrogen and oxygen atoms in total.